The molecule has 164 valence electrons. The lowest BCUT2D eigenvalue weighted by atomic mass is 9.93. The van der Waals surface area contributed by atoms with Crippen molar-refractivity contribution < 1.29 is 14.1 Å². The molecule has 33 heavy (non-hydrogen) atoms. The number of carbonyl (C=O) groups excluding carboxylic acids is 1. The SMILES string of the molecule is O=C(N1CC(Oc2ccccc2-c2nc(-c3cnccn3)no2)C1)C1(c2ccccc2)CC1. The number of para-hydroxylation sites is 1. The summed E-state index contributed by atoms with van der Waals surface area (Å²) < 4.78 is 11.7. The van der Waals surface area contributed by atoms with Gasteiger partial charge < -0.3 is 14.2 Å². The van der Waals surface area contributed by atoms with E-state index in [0.717, 1.165) is 18.4 Å². The normalized spacial score (nSPS) is 16.8. The molecule has 0 N–H and O–H groups in total. The molecule has 2 fully saturated rings. The molecule has 8 heteroatoms. The second-order valence-electron chi connectivity index (χ2n) is 8.41. The van der Waals surface area contributed by atoms with E-state index in [9.17, 15) is 4.79 Å². The van der Waals surface area contributed by atoms with Crippen molar-refractivity contribution in [2.75, 3.05) is 13.1 Å². The van der Waals surface area contributed by atoms with Crippen molar-refractivity contribution in [1.29, 1.82) is 0 Å². The highest BCUT2D eigenvalue weighted by Gasteiger charge is 2.54. The molecule has 1 saturated carbocycles. The van der Waals surface area contributed by atoms with Gasteiger partial charge in [-0.3, -0.25) is 9.78 Å². The van der Waals surface area contributed by atoms with Crippen molar-refractivity contribution in [1.82, 2.24) is 25.0 Å². The molecule has 0 spiro atoms. The van der Waals surface area contributed by atoms with Crippen molar-refractivity contribution in [3.63, 3.8) is 0 Å². The first-order valence-corrected chi connectivity index (χ1v) is 10.9. The zero-order chi connectivity index (χ0) is 22.3. The minimum absolute atomic E-state index is 0.0796. The fourth-order valence-electron chi connectivity index (χ4n) is 4.27. The Kier molecular flexibility index (Phi) is 4.64. The van der Waals surface area contributed by atoms with Crippen LogP contribution >= 0.6 is 0 Å². The minimum Gasteiger partial charge on any atom is -0.486 e. The summed E-state index contributed by atoms with van der Waals surface area (Å²) >= 11 is 0. The van der Waals surface area contributed by atoms with Gasteiger partial charge in [0.25, 0.3) is 5.89 Å². The van der Waals surface area contributed by atoms with Gasteiger partial charge in [-0.15, -0.1) is 0 Å². The van der Waals surface area contributed by atoms with Crippen LogP contribution in [0, 0.1) is 0 Å². The van der Waals surface area contributed by atoms with Crippen LogP contribution in [0.1, 0.15) is 18.4 Å². The van der Waals surface area contributed by atoms with E-state index in [0.29, 0.717) is 41.8 Å². The summed E-state index contributed by atoms with van der Waals surface area (Å²) in [5.41, 5.74) is 2.00. The van der Waals surface area contributed by atoms with Gasteiger partial charge in [0, 0.05) is 12.4 Å². The van der Waals surface area contributed by atoms with Gasteiger partial charge in [-0.05, 0) is 30.5 Å². The van der Waals surface area contributed by atoms with Gasteiger partial charge in [0.15, 0.2) is 0 Å². The topological polar surface area (TPSA) is 94.2 Å². The fourth-order valence-corrected chi connectivity index (χ4v) is 4.27. The molecule has 0 bridgehead atoms. The Balaban J connectivity index is 1.14. The van der Waals surface area contributed by atoms with Crippen molar-refractivity contribution in [2.45, 2.75) is 24.4 Å². The molecule has 6 rings (SSSR count). The van der Waals surface area contributed by atoms with E-state index in [1.165, 1.54) is 0 Å². The molecule has 2 aromatic carbocycles. The van der Waals surface area contributed by atoms with E-state index >= 15 is 0 Å². The first kappa shape index (κ1) is 19.6. The summed E-state index contributed by atoms with van der Waals surface area (Å²) in [5, 5.41) is 4.02. The molecular formula is C25H21N5O3. The number of benzene rings is 2. The van der Waals surface area contributed by atoms with Crippen LogP contribution in [-0.2, 0) is 10.2 Å². The Morgan fingerprint density at radius 2 is 1.82 bits per heavy atom. The summed E-state index contributed by atoms with van der Waals surface area (Å²) in [6.45, 7) is 1.13. The van der Waals surface area contributed by atoms with E-state index < -0.39 is 0 Å². The molecule has 1 aliphatic carbocycles. The van der Waals surface area contributed by atoms with Gasteiger partial charge in [0.2, 0.25) is 11.7 Å². The summed E-state index contributed by atoms with van der Waals surface area (Å²) in [5.74, 6) is 1.56. The van der Waals surface area contributed by atoms with Crippen molar-refractivity contribution in [3.05, 3.63) is 78.8 Å². The number of hydrogen-bond acceptors (Lipinski definition) is 7. The lowest BCUT2D eigenvalue weighted by Crippen LogP contribution is -2.58. The third-order valence-corrected chi connectivity index (χ3v) is 6.25. The molecule has 0 unspecified atom stereocenters. The zero-order valence-corrected chi connectivity index (χ0v) is 17.8. The highest BCUT2D eigenvalue weighted by molar-refractivity contribution is 5.92. The summed E-state index contributed by atoms with van der Waals surface area (Å²) in [6.07, 6.45) is 6.49. The standard InChI is InChI=1S/C25H21N5O3/c31-24(25(10-11-25)17-6-2-1-3-7-17)30-15-18(16-30)32-21-9-5-4-8-19(21)23-28-22(29-33-23)20-14-26-12-13-27-20/h1-9,12-14,18H,10-11,15-16H2. The molecule has 1 aliphatic heterocycles. The van der Waals surface area contributed by atoms with E-state index in [1.54, 1.807) is 18.6 Å². The Hall–Kier alpha value is -4.07. The number of nitrogens with zero attached hydrogens (tertiary/aromatic N) is 5. The molecule has 3 heterocycles. The van der Waals surface area contributed by atoms with Crippen LogP contribution in [0.15, 0.2) is 77.7 Å². The van der Waals surface area contributed by atoms with Gasteiger partial charge in [-0.25, -0.2) is 4.98 Å². The molecule has 1 amide bonds. The number of hydrogen-bond donors (Lipinski definition) is 0. The number of rotatable bonds is 6. The number of likely N-dealkylation sites (tertiary alicyclic amines) is 1. The van der Waals surface area contributed by atoms with Crippen LogP contribution in [-0.4, -0.2) is 50.1 Å². The van der Waals surface area contributed by atoms with E-state index in [4.69, 9.17) is 9.26 Å². The van der Waals surface area contributed by atoms with Crippen LogP contribution in [0.2, 0.25) is 0 Å². The van der Waals surface area contributed by atoms with Crippen LogP contribution in [0.25, 0.3) is 23.0 Å². The number of carbonyl (C=O) groups is 1. The number of aromatic nitrogens is 4. The van der Waals surface area contributed by atoms with Gasteiger partial charge in [0.1, 0.15) is 17.5 Å². The second-order valence-corrected chi connectivity index (χ2v) is 8.41. The average molecular weight is 439 g/mol. The Labute approximate surface area is 190 Å². The molecule has 2 aromatic heterocycles. The molecule has 1 saturated heterocycles. The minimum atomic E-state index is -0.343. The maximum absolute atomic E-state index is 13.2. The number of ether oxygens (including phenoxy) is 1. The largest absolute Gasteiger partial charge is 0.486 e. The lowest BCUT2D eigenvalue weighted by molar-refractivity contribution is -0.142. The molecule has 8 nitrogen and oxygen atoms in total. The van der Waals surface area contributed by atoms with Gasteiger partial charge in [-0.1, -0.05) is 47.6 Å². The fraction of sp³-hybridized carbons (Fsp3) is 0.240. The zero-order valence-electron chi connectivity index (χ0n) is 17.8. The van der Waals surface area contributed by atoms with Gasteiger partial charge >= 0.3 is 0 Å². The Morgan fingerprint density at radius 1 is 1.03 bits per heavy atom. The highest BCUT2D eigenvalue weighted by atomic mass is 16.5. The van der Waals surface area contributed by atoms with Crippen LogP contribution < -0.4 is 4.74 Å². The average Bonchev–Trinajstić information content (AvgIpc) is 3.52. The smallest absolute Gasteiger partial charge is 0.262 e. The maximum atomic E-state index is 13.2. The predicted molar refractivity (Wildman–Crippen MR) is 119 cm³/mol. The van der Waals surface area contributed by atoms with Crippen molar-refractivity contribution >= 4 is 5.91 Å². The maximum Gasteiger partial charge on any atom is 0.262 e. The lowest BCUT2D eigenvalue weighted by Gasteiger charge is -2.41. The molecule has 2 aliphatic rings. The summed E-state index contributed by atoms with van der Waals surface area (Å²) in [4.78, 5) is 27.8. The van der Waals surface area contributed by atoms with Crippen molar-refractivity contribution in [2.24, 2.45) is 0 Å². The first-order valence-electron chi connectivity index (χ1n) is 10.9. The van der Waals surface area contributed by atoms with E-state index in [-0.39, 0.29) is 17.4 Å². The summed E-state index contributed by atoms with van der Waals surface area (Å²) in [7, 11) is 0. The third kappa shape index (κ3) is 3.53. The second kappa shape index (κ2) is 7.81. The summed E-state index contributed by atoms with van der Waals surface area (Å²) in [6, 6.07) is 17.6. The van der Waals surface area contributed by atoms with E-state index in [1.807, 2.05) is 47.4 Å². The van der Waals surface area contributed by atoms with E-state index in [2.05, 4.69) is 32.2 Å². The molecule has 0 radical (unpaired) electrons. The number of amides is 1. The van der Waals surface area contributed by atoms with Crippen LogP contribution in [0.3, 0.4) is 0 Å². The molecular weight excluding hydrogens is 418 g/mol. The van der Waals surface area contributed by atoms with Gasteiger partial charge in [-0.2, -0.15) is 4.98 Å². The van der Waals surface area contributed by atoms with Crippen LogP contribution in [0.4, 0.5) is 0 Å². The first-order chi connectivity index (χ1) is 16.2. The Bertz CT molecular complexity index is 1280. The Morgan fingerprint density at radius 3 is 2.58 bits per heavy atom. The monoisotopic (exact) mass is 439 g/mol. The highest BCUT2D eigenvalue weighted by Crippen LogP contribution is 2.50. The molecule has 4 aromatic rings. The quantitative estimate of drug-likeness (QED) is 0.454. The predicted octanol–water partition coefficient (Wildman–Crippen LogP) is 3.52. The molecule has 0 atom stereocenters. The van der Waals surface area contributed by atoms with Crippen LogP contribution in [0.5, 0.6) is 5.75 Å². The third-order valence-electron chi connectivity index (χ3n) is 6.25. The van der Waals surface area contributed by atoms with Gasteiger partial charge in [0.05, 0.1) is 30.3 Å². The van der Waals surface area contributed by atoms with Crippen molar-refractivity contribution in [3.8, 4) is 28.7 Å².